The van der Waals surface area contributed by atoms with Gasteiger partial charge in [0.05, 0.1) is 24.1 Å². The number of likely N-dealkylation sites (tertiary alicyclic amines) is 1. The Kier molecular flexibility index (Phi) is 5.99. The van der Waals surface area contributed by atoms with Crippen molar-refractivity contribution < 1.29 is 18.0 Å². The van der Waals surface area contributed by atoms with E-state index in [1.807, 2.05) is 35.9 Å². The molecule has 4 rings (SSSR count). The number of carbonyl (C=O) groups excluding carboxylic acids is 1. The second-order valence-electron chi connectivity index (χ2n) is 8.00. The molecule has 0 unspecified atom stereocenters. The number of ketones is 1. The third-order valence-electron chi connectivity index (χ3n) is 5.72. The predicted molar refractivity (Wildman–Crippen MR) is 108 cm³/mol. The summed E-state index contributed by atoms with van der Waals surface area (Å²) in [6.07, 6.45) is -2.00. The largest absolute Gasteiger partial charge is 0.390 e. The van der Waals surface area contributed by atoms with Crippen LogP contribution in [-0.2, 0) is 18.3 Å². The van der Waals surface area contributed by atoms with Crippen molar-refractivity contribution in [1.29, 1.82) is 0 Å². The van der Waals surface area contributed by atoms with Gasteiger partial charge in [0.15, 0.2) is 5.82 Å². The minimum Gasteiger partial charge on any atom is -0.317 e. The molecule has 0 spiro atoms. The highest BCUT2D eigenvalue weighted by atomic mass is 19.4. The number of hydrogen-bond donors (Lipinski definition) is 0. The first-order valence-corrected chi connectivity index (χ1v) is 10.2. The number of fused-ring (bicyclic) bond motifs is 1. The number of halogens is 3. The third-order valence-corrected chi connectivity index (χ3v) is 5.72. The Hall–Kier alpha value is -2.88. The quantitative estimate of drug-likeness (QED) is 0.595. The second kappa shape index (κ2) is 8.70. The molecule has 0 bridgehead atoms. The van der Waals surface area contributed by atoms with E-state index < -0.39 is 12.6 Å². The lowest BCUT2D eigenvalue weighted by molar-refractivity contribution is -0.139. The summed E-state index contributed by atoms with van der Waals surface area (Å²) >= 11 is 0. The van der Waals surface area contributed by atoms with E-state index in [2.05, 4.69) is 20.4 Å². The fraction of sp³-hybridized carbons (Fsp3) is 0.476. The maximum absolute atomic E-state index is 12.7. The number of rotatable bonds is 6. The lowest BCUT2D eigenvalue weighted by Crippen LogP contribution is -2.38. The van der Waals surface area contributed by atoms with Crippen LogP contribution in [-0.4, -0.2) is 61.5 Å². The van der Waals surface area contributed by atoms with Crippen LogP contribution in [0.2, 0.25) is 0 Å². The number of carbonyl (C=O) groups is 1. The molecular formula is C21H23F3N6O. The molecule has 2 aromatic heterocycles. The highest BCUT2D eigenvalue weighted by Gasteiger charge is 2.30. The van der Waals surface area contributed by atoms with Crippen molar-refractivity contribution in [2.24, 2.45) is 13.0 Å². The fourth-order valence-electron chi connectivity index (χ4n) is 3.94. The molecule has 1 aliphatic rings. The Morgan fingerprint density at radius 1 is 1.13 bits per heavy atom. The number of piperidine rings is 1. The van der Waals surface area contributed by atoms with Gasteiger partial charge in [0.1, 0.15) is 12.1 Å². The van der Waals surface area contributed by atoms with Gasteiger partial charge in [-0.25, -0.2) is 0 Å². The van der Waals surface area contributed by atoms with Crippen molar-refractivity contribution in [3.8, 4) is 11.4 Å². The van der Waals surface area contributed by atoms with Crippen molar-refractivity contribution in [2.45, 2.75) is 31.9 Å². The monoisotopic (exact) mass is 432 g/mol. The van der Waals surface area contributed by atoms with Gasteiger partial charge in [-0.2, -0.15) is 23.4 Å². The highest BCUT2D eigenvalue weighted by Crippen LogP contribution is 2.25. The van der Waals surface area contributed by atoms with Gasteiger partial charge < -0.3 is 9.47 Å². The summed E-state index contributed by atoms with van der Waals surface area (Å²) in [4.78, 5) is 14.5. The van der Waals surface area contributed by atoms with Crippen LogP contribution in [0.25, 0.3) is 22.3 Å². The molecule has 31 heavy (non-hydrogen) atoms. The van der Waals surface area contributed by atoms with Gasteiger partial charge >= 0.3 is 6.18 Å². The molecule has 0 saturated carbocycles. The minimum absolute atomic E-state index is 0.00554. The van der Waals surface area contributed by atoms with Crippen LogP contribution in [0.1, 0.15) is 25.0 Å². The van der Waals surface area contributed by atoms with Gasteiger partial charge in [0, 0.05) is 30.5 Å². The van der Waals surface area contributed by atoms with Gasteiger partial charge in [0.2, 0.25) is 0 Å². The summed E-state index contributed by atoms with van der Waals surface area (Å²) in [5.74, 6) is 0.645. The first-order chi connectivity index (χ1) is 14.8. The van der Waals surface area contributed by atoms with Crippen LogP contribution in [0, 0.1) is 5.92 Å². The third kappa shape index (κ3) is 5.25. The summed E-state index contributed by atoms with van der Waals surface area (Å²) < 4.78 is 39.0. The maximum Gasteiger partial charge on any atom is 0.390 e. The summed E-state index contributed by atoms with van der Waals surface area (Å²) in [6, 6.07) is 7.56. The van der Waals surface area contributed by atoms with Crippen LogP contribution in [0.15, 0.2) is 30.6 Å². The normalized spacial score (nSPS) is 16.1. The molecule has 1 saturated heterocycles. The lowest BCUT2D eigenvalue weighted by Gasteiger charge is -2.31. The molecule has 1 fully saturated rings. The Bertz CT molecular complexity index is 1070. The zero-order chi connectivity index (χ0) is 22.0. The van der Waals surface area contributed by atoms with Crippen molar-refractivity contribution in [3.05, 3.63) is 36.3 Å². The summed E-state index contributed by atoms with van der Waals surface area (Å²) in [5.41, 5.74) is 2.20. The topological polar surface area (TPSA) is 76.8 Å². The van der Waals surface area contributed by atoms with Gasteiger partial charge in [-0.15, -0.1) is 10.2 Å². The highest BCUT2D eigenvalue weighted by molar-refractivity contribution is 5.86. The van der Waals surface area contributed by atoms with Crippen molar-refractivity contribution in [2.75, 3.05) is 19.6 Å². The summed E-state index contributed by atoms with van der Waals surface area (Å²) in [6.45, 7) is 1.02. The van der Waals surface area contributed by atoms with Crippen LogP contribution in [0.4, 0.5) is 13.2 Å². The van der Waals surface area contributed by atoms with E-state index >= 15 is 0 Å². The standard InChI is InChI=1S/C21H23F3N6O/c1-29-13-25-28-20(29)15-2-3-18-16(10-15)11-17(26-27-18)12-19(31)14-4-7-30(8-5-14)9-6-21(22,23)24/h2-3,10-11,13-14H,4-9,12H2,1H3. The molecular weight excluding hydrogens is 409 g/mol. The molecule has 3 aromatic rings. The average Bonchev–Trinajstić information content (AvgIpc) is 3.17. The summed E-state index contributed by atoms with van der Waals surface area (Å²) in [5, 5.41) is 17.3. The molecule has 3 heterocycles. The van der Waals surface area contributed by atoms with Gasteiger partial charge in [-0.1, -0.05) is 0 Å². The zero-order valence-corrected chi connectivity index (χ0v) is 17.1. The smallest absolute Gasteiger partial charge is 0.317 e. The maximum atomic E-state index is 12.7. The molecule has 10 heteroatoms. The van der Waals surface area contributed by atoms with E-state index in [1.165, 1.54) is 0 Å². The number of aryl methyl sites for hydroxylation is 1. The number of Topliss-reactive ketones (excluding diaryl/α,β-unsaturated/α-hetero) is 1. The predicted octanol–water partition coefficient (Wildman–Crippen LogP) is 3.20. The van der Waals surface area contributed by atoms with E-state index in [4.69, 9.17) is 0 Å². The Morgan fingerprint density at radius 3 is 2.58 bits per heavy atom. The van der Waals surface area contributed by atoms with Crippen LogP contribution >= 0.6 is 0 Å². The van der Waals surface area contributed by atoms with Crippen molar-refractivity contribution in [3.63, 3.8) is 0 Å². The van der Waals surface area contributed by atoms with Gasteiger partial charge in [0.25, 0.3) is 0 Å². The molecule has 7 nitrogen and oxygen atoms in total. The van der Waals surface area contributed by atoms with Gasteiger partial charge in [-0.3, -0.25) is 4.79 Å². The molecule has 0 radical (unpaired) electrons. The fourth-order valence-corrected chi connectivity index (χ4v) is 3.94. The molecule has 0 aliphatic carbocycles. The SMILES string of the molecule is Cn1cnnc1-c1ccc2nnc(CC(=O)C3CCN(CCC(F)(F)F)CC3)cc2c1. The number of benzene rings is 1. The molecule has 1 aromatic carbocycles. The first-order valence-electron chi connectivity index (χ1n) is 10.2. The Morgan fingerprint density at radius 2 is 1.90 bits per heavy atom. The molecule has 0 atom stereocenters. The van der Waals surface area contributed by atoms with Crippen LogP contribution in [0.5, 0.6) is 0 Å². The molecule has 1 aliphatic heterocycles. The van der Waals surface area contributed by atoms with E-state index in [0.717, 1.165) is 22.3 Å². The molecule has 164 valence electrons. The van der Waals surface area contributed by atoms with Gasteiger partial charge in [-0.05, 0) is 50.2 Å². The number of hydrogen-bond acceptors (Lipinski definition) is 6. The van der Waals surface area contributed by atoms with E-state index in [-0.39, 0.29) is 24.7 Å². The first kappa shape index (κ1) is 21.4. The van der Waals surface area contributed by atoms with Crippen molar-refractivity contribution in [1.82, 2.24) is 29.9 Å². The van der Waals surface area contributed by atoms with E-state index in [0.29, 0.717) is 31.6 Å². The van der Waals surface area contributed by atoms with Crippen LogP contribution in [0.3, 0.4) is 0 Å². The Labute approximate surface area is 177 Å². The molecule has 0 amide bonds. The lowest BCUT2D eigenvalue weighted by atomic mass is 9.90. The second-order valence-corrected chi connectivity index (χ2v) is 8.00. The number of alkyl halides is 3. The van der Waals surface area contributed by atoms with Crippen LogP contribution < -0.4 is 0 Å². The average molecular weight is 432 g/mol. The summed E-state index contributed by atoms with van der Waals surface area (Å²) in [7, 11) is 1.86. The number of nitrogens with zero attached hydrogens (tertiary/aromatic N) is 6. The Balaban J connectivity index is 1.39. The van der Waals surface area contributed by atoms with E-state index in [1.54, 1.807) is 11.2 Å². The molecule has 0 N–H and O–H groups in total. The minimum atomic E-state index is -4.14. The number of aromatic nitrogens is 5. The zero-order valence-electron chi connectivity index (χ0n) is 17.1. The van der Waals surface area contributed by atoms with Crippen molar-refractivity contribution >= 4 is 16.7 Å². The van der Waals surface area contributed by atoms with E-state index in [9.17, 15) is 18.0 Å².